The molecule has 1 aliphatic rings. The van der Waals surface area contributed by atoms with Crippen LogP contribution in [0, 0.1) is 5.82 Å². The fourth-order valence-corrected chi connectivity index (χ4v) is 2.99. The number of carbonyl (C=O) groups is 1. The van der Waals surface area contributed by atoms with E-state index in [2.05, 4.69) is 5.10 Å². The highest BCUT2D eigenvalue weighted by molar-refractivity contribution is 5.93. The van der Waals surface area contributed by atoms with E-state index in [4.69, 9.17) is 4.84 Å². The minimum atomic E-state index is -0.275. The minimum absolute atomic E-state index is 0.129. The van der Waals surface area contributed by atoms with Gasteiger partial charge in [0.2, 0.25) is 0 Å². The van der Waals surface area contributed by atoms with Crippen LogP contribution in [0.25, 0.3) is 16.9 Å². The summed E-state index contributed by atoms with van der Waals surface area (Å²) < 4.78 is 14.9. The molecule has 132 valence electrons. The minimum Gasteiger partial charge on any atom is -0.271 e. The van der Waals surface area contributed by atoms with Gasteiger partial charge in [-0.25, -0.2) is 14.1 Å². The lowest BCUT2D eigenvalue weighted by atomic mass is 10.1. The molecule has 1 amide bonds. The highest BCUT2D eigenvalue weighted by Gasteiger charge is 2.19. The van der Waals surface area contributed by atoms with E-state index in [-0.39, 0.29) is 11.7 Å². The van der Waals surface area contributed by atoms with Crippen LogP contribution in [0.3, 0.4) is 0 Å². The predicted molar refractivity (Wildman–Crippen MR) is 95.2 cm³/mol. The summed E-state index contributed by atoms with van der Waals surface area (Å²) in [5.74, 6) is -0.405. The molecular weight excluding hydrogens is 333 g/mol. The van der Waals surface area contributed by atoms with Gasteiger partial charge in [-0.1, -0.05) is 0 Å². The van der Waals surface area contributed by atoms with Crippen molar-refractivity contribution >= 4 is 5.91 Å². The highest BCUT2D eigenvalue weighted by Crippen LogP contribution is 2.23. The van der Waals surface area contributed by atoms with Crippen LogP contribution in [0.2, 0.25) is 0 Å². The molecule has 4 rings (SSSR count). The summed E-state index contributed by atoms with van der Waals surface area (Å²) in [5.41, 5.74) is 3.12. The molecule has 0 radical (unpaired) electrons. The van der Waals surface area contributed by atoms with Crippen LogP contribution in [0.15, 0.2) is 60.8 Å². The van der Waals surface area contributed by atoms with Crippen molar-refractivity contribution in [2.45, 2.75) is 12.8 Å². The van der Waals surface area contributed by atoms with Gasteiger partial charge in [-0.2, -0.15) is 5.10 Å². The molecule has 1 aromatic heterocycles. The van der Waals surface area contributed by atoms with Crippen LogP contribution in [0.5, 0.6) is 0 Å². The van der Waals surface area contributed by atoms with E-state index in [9.17, 15) is 9.18 Å². The Morgan fingerprint density at radius 1 is 1.00 bits per heavy atom. The summed E-state index contributed by atoms with van der Waals surface area (Å²) in [7, 11) is 0. The normalized spacial score (nSPS) is 14.4. The number of nitrogens with zero attached hydrogens (tertiary/aromatic N) is 3. The van der Waals surface area contributed by atoms with Gasteiger partial charge in [0.15, 0.2) is 0 Å². The maximum absolute atomic E-state index is 13.2. The molecule has 26 heavy (non-hydrogen) atoms. The van der Waals surface area contributed by atoms with Crippen molar-refractivity contribution in [3.8, 4) is 16.9 Å². The Kier molecular flexibility index (Phi) is 4.50. The largest absolute Gasteiger partial charge is 0.277 e. The van der Waals surface area contributed by atoms with Gasteiger partial charge in [-0.15, -0.1) is 0 Å². The van der Waals surface area contributed by atoms with Crippen molar-refractivity contribution in [3.63, 3.8) is 0 Å². The number of hydroxylamine groups is 2. The predicted octanol–water partition coefficient (Wildman–Crippen LogP) is 3.85. The van der Waals surface area contributed by atoms with Gasteiger partial charge in [-0.3, -0.25) is 9.63 Å². The van der Waals surface area contributed by atoms with Crippen LogP contribution in [0.1, 0.15) is 23.2 Å². The van der Waals surface area contributed by atoms with Gasteiger partial charge in [-0.05, 0) is 67.4 Å². The third-order valence-corrected chi connectivity index (χ3v) is 4.37. The molecule has 0 saturated carbocycles. The zero-order valence-corrected chi connectivity index (χ0v) is 14.1. The second-order valence-electron chi connectivity index (χ2n) is 6.13. The average Bonchev–Trinajstić information content (AvgIpc) is 3.19. The zero-order chi connectivity index (χ0) is 17.9. The lowest BCUT2D eigenvalue weighted by Crippen LogP contribution is -2.35. The first-order chi connectivity index (χ1) is 12.7. The van der Waals surface area contributed by atoms with E-state index >= 15 is 0 Å². The molecule has 2 aromatic carbocycles. The van der Waals surface area contributed by atoms with Gasteiger partial charge in [0.25, 0.3) is 5.91 Å². The number of halogens is 1. The van der Waals surface area contributed by atoms with Crippen molar-refractivity contribution in [2.24, 2.45) is 0 Å². The molecule has 2 heterocycles. The van der Waals surface area contributed by atoms with E-state index in [0.717, 1.165) is 29.8 Å². The standard InChI is InChI=1S/C20H18FN3O2/c21-17-7-3-15(4-8-17)19-11-12-22-24(19)18-9-5-16(6-10-18)20(25)23-13-1-2-14-26-23/h3-12H,1-2,13-14H2. The van der Waals surface area contributed by atoms with Crippen LogP contribution in [-0.4, -0.2) is 33.9 Å². The summed E-state index contributed by atoms with van der Waals surface area (Å²) in [4.78, 5) is 17.9. The van der Waals surface area contributed by atoms with Crippen LogP contribution in [0.4, 0.5) is 4.39 Å². The van der Waals surface area contributed by atoms with Crippen molar-refractivity contribution in [1.29, 1.82) is 0 Å². The van der Waals surface area contributed by atoms with E-state index in [1.54, 1.807) is 35.1 Å². The Morgan fingerprint density at radius 2 is 1.77 bits per heavy atom. The Labute approximate surface area is 150 Å². The Balaban J connectivity index is 1.59. The van der Waals surface area contributed by atoms with Crippen molar-refractivity contribution in [1.82, 2.24) is 14.8 Å². The molecule has 1 aliphatic heterocycles. The number of aromatic nitrogens is 2. The van der Waals surface area contributed by atoms with Gasteiger partial charge in [0, 0.05) is 17.7 Å². The van der Waals surface area contributed by atoms with Crippen LogP contribution >= 0.6 is 0 Å². The van der Waals surface area contributed by atoms with E-state index < -0.39 is 0 Å². The van der Waals surface area contributed by atoms with E-state index in [0.29, 0.717) is 18.7 Å². The van der Waals surface area contributed by atoms with Gasteiger partial charge in [0.05, 0.1) is 24.2 Å². The summed E-state index contributed by atoms with van der Waals surface area (Å²) in [6.45, 7) is 1.20. The van der Waals surface area contributed by atoms with Crippen LogP contribution in [-0.2, 0) is 4.84 Å². The molecular formula is C20H18FN3O2. The second kappa shape index (κ2) is 7.09. The molecule has 0 N–H and O–H groups in total. The Bertz CT molecular complexity index is 898. The van der Waals surface area contributed by atoms with Gasteiger partial charge >= 0.3 is 0 Å². The number of benzene rings is 2. The summed E-state index contributed by atoms with van der Waals surface area (Å²) in [6, 6.07) is 15.4. The van der Waals surface area contributed by atoms with Crippen molar-refractivity contribution < 1.29 is 14.0 Å². The maximum Gasteiger partial charge on any atom is 0.277 e. The molecule has 6 heteroatoms. The number of rotatable bonds is 3. The summed E-state index contributed by atoms with van der Waals surface area (Å²) in [6.07, 6.45) is 3.63. The molecule has 0 bridgehead atoms. The summed E-state index contributed by atoms with van der Waals surface area (Å²) >= 11 is 0. The molecule has 0 atom stereocenters. The monoisotopic (exact) mass is 351 g/mol. The maximum atomic E-state index is 13.2. The molecule has 1 saturated heterocycles. The topological polar surface area (TPSA) is 47.4 Å². The number of carbonyl (C=O) groups excluding carboxylic acids is 1. The lowest BCUT2D eigenvalue weighted by molar-refractivity contribution is -0.144. The molecule has 0 spiro atoms. The molecule has 5 nitrogen and oxygen atoms in total. The fourth-order valence-electron chi connectivity index (χ4n) is 2.99. The highest BCUT2D eigenvalue weighted by atomic mass is 19.1. The smallest absolute Gasteiger partial charge is 0.271 e. The van der Waals surface area contributed by atoms with E-state index in [1.807, 2.05) is 18.2 Å². The van der Waals surface area contributed by atoms with Crippen molar-refractivity contribution in [2.75, 3.05) is 13.2 Å². The molecule has 0 unspecified atom stereocenters. The molecule has 3 aromatic rings. The quantitative estimate of drug-likeness (QED) is 0.720. The first-order valence-corrected chi connectivity index (χ1v) is 8.57. The fraction of sp³-hybridized carbons (Fsp3) is 0.200. The average molecular weight is 351 g/mol. The SMILES string of the molecule is O=C(c1ccc(-n2nccc2-c2ccc(F)cc2)cc1)N1CCCCO1. The van der Waals surface area contributed by atoms with Crippen molar-refractivity contribution in [3.05, 3.63) is 72.2 Å². The van der Waals surface area contributed by atoms with Gasteiger partial charge in [0.1, 0.15) is 5.82 Å². The third kappa shape index (κ3) is 3.23. The van der Waals surface area contributed by atoms with Gasteiger partial charge < -0.3 is 0 Å². The zero-order valence-electron chi connectivity index (χ0n) is 14.1. The Morgan fingerprint density at radius 3 is 2.46 bits per heavy atom. The third-order valence-electron chi connectivity index (χ3n) is 4.37. The number of amides is 1. The molecule has 1 fully saturated rings. The lowest BCUT2D eigenvalue weighted by Gasteiger charge is -2.25. The van der Waals surface area contributed by atoms with Crippen LogP contribution < -0.4 is 0 Å². The number of hydrogen-bond donors (Lipinski definition) is 0. The number of hydrogen-bond acceptors (Lipinski definition) is 3. The first kappa shape index (κ1) is 16.5. The second-order valence-corrected chi connectivity index (χ2v) is 6.13. The summed E-state index contributed by atoms with van der Waals surface area (Å²) in [5, 5.41) is 5.78. The van der Waals surface area contributed by atoms with E-state index in [1.165, 1.54) is 17.2 Å². The first-order valence-electron chi connectivity index (χ1n) is 8.57. The Hall–Kier alpha value is -2.99. The molecule has 0 aliphatic carbocycles.